The maximum Gasteiger partial charge on any atom is 0.0761 e. The molecule has 0 aromatic heterocycles. The van der Waals surface area contributed by atoms with E-state index in [2.05, 4.69) is 24.0 Å². The van der Waals surface area contributed by atoms with Gasteiger partial charge in [-0.15, -0.1) is 0 Å². The molecule has 1 heterocycles. The van der Waals surface area contributed by atoms with E-state index in [1.165, 1.54) is 25.1 Å². The molecular weight excluding hydrogens is 198 g/mol. The minimum absolute atomic E-state index is 0.366. The van der Waals surface area contributed by atoms with E-state index >= 15 is 0 Å². The first kappa shape index (κ1) is 11.5. The summed E-state index contributed by atoms with van der Waals surface area (Å²) in [5.41, 5.74) is 2.28. The Hall–Kier alpha value is -1.02. The van der Waals surface area contributed by atoms with E-state index in [-0.39, 0.29) is 6.10 Å². The second-order valence-corrected chi connectivity index (χ2v) is 4.96. The fraction of sp³-hybridized carbons (Fsp3) is 0.571. The van der Waals surface area contributed by atoms with Crippen LogP contribution in [0.4, 0.5) is 5.69 Å². The molecule has 2 atom stereocenters. The third-order valence-electron chi connectivity index (χ3n) is 3.40. The molecule has 2 rings (SSSR count). The Labute approximate surface area is 97.9 Å². The first-order valence-electron chi connectivity index (χ1n) is 6.20. The highest BCUT2D eigenvalue weighted by atomic mass is 16.3. The van der Waals surface area contributed by atoms with E-state index in [1.807, 2.05) is 12.1 Å². The van der Waals surface area contributed by atoms with E-state index < -0.39 is 0 Å². The summed E-state index contributed by atoms with van der Waals surface area (Å²) in [4.78, 5) is 2.44. The van der Waals surface area contributed by atoms with Gasteiger partial charge in [-0.25, -0.2) is 0 Å². The smallest absolute Gasteiger partial charge is 0.0761 e. The number of benzene rings is 1. The van der Waals surface area contributed by atoms with Crippen LogP contribution in [0, 0.1) is 5.92 Å². The molecule has 1 saturated heterocycles. The number of aliphatic hydroxyl groups excluding tert-OH is 1. The molecule has 1 fully saturated rings. The molecule has 0 aliphatic carbocycles. The van der Waals surface area contributed by atoms with Gasteiger partial charge in [-0.2, -0.15) is 0 Å². The van der Waals surface area contributed by atoms with Crippen molar-refractivity contribution in [2.75, 3.05) is 18.0 Å². The van der Waals surface area contributed by atoms with Gasteiger partial charge >= 0.3 is 0 Å². The number of rotatable bonds is 2. The third-order valence-corrected chi connectivity index (χ3v) is 3.40. The van der Waals surface area contributed by atoms with Crippen LogP contribution in [0.25, 0.3) is 0 Å². The quantitative estimate of drug-likeness (QED) is 0.826. The van der Waals surface area contributed by atoms with Crippen LogP contribution in [0.2, 0.25) is 0 Å². The van der Waals surface area contributed by atoms with Crippen molar-refractivity contribution in [2.45, 2.75) is 32.8 Å². The molecule has 1 aliphatic heterocycles. The minimum Gasteiger partial charge on any atom is -0.389 e. The number of piperidine rings is 1. The first-order chi connectivity index (χ1) is 7.66. The molecule has 0 spiro atoms. The summed E-state index contributed by atoms with van der Waals surface area (Å²) in [6, 6.07) is 8.30. The summed E-state index contributed by atoms with van der Waals surface area (Å²) in [6.07, 6.45) is 2.27. The predicted octanol–water partition coefficient (Wildman–Crippen LogP) is 2.98. The van der Waals surface area contributed by atoms with Gasteiger partial charge in [-0.05, 0) is 43.4 Å². The van der Waals surface area contributed by atoms with Gasteiger partial charge in [0, 0.05) is 18.8 Å². The Morgan fingerprint density at radius 1 is 1.31 bits per heavy atom. The van der Waals surface area contributed by atoms with E-state index in [9.17, 15) is 5.11 Å². The summed E-state index contributed by atoms with van der Waals surface area (Å²) >= 11 is 0. The largest absolute Gasteiger partial charge is 0.389 e. The molecule has 2 nitrogen and oxygen atoms in total. The van der Waals surface area contributed by atoms with E-state index in [0.29, 0.717) is 0 Å². The van der Waals surface area contributed by atoms with Crippen molar-refractivity contribution in [2.24, 2.45) is 5.92 Å². The fourth-order valence-electron chi connectivity index (χ4n) is 2.39. The third kappa shape index (κ3) is 2.56. The lowest BCUT2D eigenvalue weighted by atomic mass is 9.99. The summed E-state index contributed by atoms with van der Waals surface area (Å²) in [5.74, 6) is 0.796. The predicted molar refractivity (Wildman–Crippen MR) is 67.7 cm³/mol. The molecule has 1 N–H and O–H groups in total. The van der Waals surface area contributed by atoms with Gasteiger partial charge in [0.05, 0.1) is 6.10 Å². The number of anilines is 1. The van der Waals surface area contributed by atoms with Crippen molar-refractivity contribution >= 4 is 5.69 Å². The average molecular weight is 219 g/mol. The van der Waals surface area contributed by atoms with Crippen molar-refractivity contribution in [3.05, 3.63) is 29.8 Å². The Balaban J connectivity index is 2.09. The first-order valence-corrected chi connectivity index (χ1v) is 6.20. The van der Waals surface area contributed by atoms with Crippen LogP contribution in [0.5, 0.6) is 0 Å². The zero-order valence-electron chi connectivity index (χ0n) is 10.2. The number of hydrogen-bond donors (Lipinski definition) is 1. The summed E-state index contributed by atoms with van der Waals surface area (Å²) in [5, 5.41) is 9.45. The Morgan fingerprint density at radius 2 is 2.00 bits per heavy atom. The van der Waals surface area contributed by atoms with Gasteiger partial charge in [-0.1, -0.05) is 19.1 Å². The van der Waals surface area contributed by atoms with Crippen LogP contribution < -0.4 is 4.90 Å². The molecule has 0 saturated carbocycles. The minimum atomic E-state index is -0.366. The lowest BCUT2D eigenvalue weighted by Gasteiger charge is -2.32. The zero-order valence-corrected chi connectivity index (χ0v) is 10.2. The zero-order chi connectivity index (χ0) is 11.5. The van der Waals surface area contributed by atoms with Crippen LogP contribution in [-0.4, -0.2) is 18.2 Å². The highest BCUT2D eigenvalue weighted by Crippen LogP contribution is 2.24. The Morgan fingerprint density at radius 3 is 2.56 bits per heavy atom. The maximum atomic E-state index is 9.45. The normalized spacial score (nSPS) is 23.2. The molecule has 88 valence electrons. The molecule has 1 aromatic rings. The maximum absolute atomic E-state index is 9.45. The molecule has 0 radical (unpaired) electrons. The van der Waals surface area contributed by atoms with E-state index in [4.69, 9.17) is 0 Å². The SMILES string of the molecule is CC1CCCN(c2ccc([C@H](C)O)cc2)C1. The van der Waals surface area contributed by atoms with Crippen LogP contribution >= 0.6 is 0 Å². The van der Waals surface area contributed by atoms with Crippen LogP contribution in [0.15, 0.2) is 24.3 Å². The Kier molecular flexibility index (Phi) is 3.49. The lowest BCUT2D eigenvalue weighted by Crippen LogP contribution is -2.34. The molecule has 1 aliphatic rings. The molecule has 16 heavy (non-hydrogen) atoms. The van der Waals surface area contributed by atoms with Gasteiger partial charge in [0.1, 0.15) is 0 Å². The summed E-state index contributed by atoms with van der Waals surface area (Å²) in [7, 11) is 0. The van der Waals surface area contributed by atoms with Crippen molar-refractivity contribution in [1.29, 1.82) is 0 Å². The van der Waals surface area contributed by atoms with Crippen molar-refractivity contribution < 1.29 is 5.11 Å². The molecule has 1 aromatic carbocycles. The van der Waals surface area contributed by atoms with E-state index in [1.54, 1.807) is 6.92 Å². The number of aliphatic hydroxyl groups is 1. The second kappa shape index (κ2) is 4.88. The van der Waals surface area contributed by atoms with Gasteiger partial charge in [0.15, 0.2) is 0 Å². The van der Waals surface area contributed by atoms with Gasteiger partial charge < -0.3 is 10.0 Å². The summed E-state index contributed by atoms with van der Waals surface area (Å²) in [6.45, 7) is 6.45. The molecule has 2 heteroatoms. The highest BCUT2D eigenvalue weighted by molar-refractivity contribution is 5.48. The van der Waals surface area contributed by atoms with Crippen LogP contribution in [0.1, 0.15) is 38.4 Å². The van der Waals surface area contributed by atoms with Gasteiger partial charge in [0.25, 0.3) is 0 Å². The highest BCUT2D eigenvalue weighted by Gasteiger charge is 2.16. The summed E-state index contributed by atoms with van der Waals surface area (Å²) < 4.78 is 0. The fourth-order valence-corrected chi connectivity index (χ4v) is 2.39. The van der Waals surface area contributed by atoms with Crippen molar-refractivity contribution in [1.82, 2.24) is 0 Å². The van der Waals surface area contributed by atoms with Gasteiger partial charge in [0.2, 0.25) is 0 Å². The topological polar surface area (TPSA) is 23.5 Å². The molecule has 0 bridgehead atoms. The average Bonchev–Trinajstić information content (AvgIpc) is 2.29. The van der Waals surface area contributed by atoms with Gasteiger partial charge in [-0.3, -0.25) is 0 Å². The van der Waals surface area contributed by atoms with Crippen LogP contribution in [-0.2, 0) is 0 Å². The second-order valence-electron chi connectivity index (χ2n) is 4.96. The number of nitrogens with zero attached hydrogens (tertiary/aromatic N) is 1. The number of hydrogen-bond acceptors (Lipinski definition) is 2. The Bertz CT molecular complexity index is 331. The molecule has 0 amide bonds. The lowest BCUT2D eigenvalue weighted by molar-refractivity contribution is 0.199. The molecule has 1 unspecified atom stereocenters. The van der Waals surface area contributed by atoms with Crippen LogP contribution in [0.3, 0.4) is 0 Å². The standard InChI is InChI=1S/C14H21NO/c1-11-4-3-9-15(10-11)14-7-5-13(6-8-14)12(2)16/h5-8,11-12,16H,3-4,9-10H2,1-2H3/t11?,12-/m0/s1. The van der Waals surface area contributed by atoms with Crippen molar-refractivity contribution in [3.8, 4) is 0 Å². The monoisotopic (exact) mass is 219 g/mol. The van der Waals surface area contributed by atoms with E-state index in [0.717, 1.165) is 18.0 Å². The molecular formula is C14H21NO. The van der Waals surface area contributed by atoms with Crippen molar-refractivity contribution in [3.63, 3.8) is 0 Å².